The van der Waals surface area contributed by atoms with Crippen LogP contribution in [0.4, 0.5) is 5.13 Å². The van der Waals surface area contributed by atoms with Crippen molar-refractivity contribution in [2.75, 3.05) is 5.73 Å². The number of nitrogens with zero attached hydrogens (tertiary/aromatic N) is 5. The molecular formula is C19H15N7O5S3. The van der Waals surface area contributed by atoms with E-state index in [1.54, 1.807) is 0 Å². The van der Waals surface area contributed by atoms with Crippen LogP contribution < -0.4 is 11.1 Å². The number of thiazole rings is 1. The first kappa shape index (κ1) is 22.2. The van der Waals surface area contributed by atoms with Crippen LogP contribution in [-0.4, -0.2) is 65.1 Å². The van der Waals surface area contributed by atoms with Crippen LogP contribution in [-0.2, 0) is 14.4 Å². The van der Waals surface area contributed by atoms with Gasteiger partial charge in [0.1, 0.15) is 11.7 Å². The van der Waals surface area contributed by atoms with Crippen molar-refractivity contribution in [1.82, 2.24) is 24.6 Å². The molecule has 0 spiro atoms. The van der Waals surface area contributed by atoms with Crippen LogP contribution in [0, 0.1) is 0 Å². The second-order valence-corrected chi connectivity index (χ2v) is 10.5. The molecule has 1 saturated heterocycles. The Morgan fingerprint density at radius 1 is 1.29 bits per heavy atom. The molecule has 2 atom stereocenters. The summed E-state index contributed by atoms with van der Waals surface area (Å²) in [6, 6.07) is 6.08. The van der Waals surface area contributed by atoms with Gasteiger partial charge in [0.05, 0.1) is 16.3 Å². The fourth-order valence-electron chi connectivity index (χ4n) is 3.86. The summed E-state index contributed by atoms with van der Waals surface area (Å²) in [5.41, 5.74) is 5.72. The van der Waals surface area contributed by atoms with Gasteiger partial charge in [-0.25, -0.2) is 9.78 Å². The van der Waals surface area contributed by atoms with E-state index in [1.807, 2.05) is 24.3 Å². The largest absolute Gasteiger partial charge is 0.477 e. The van der Waals surface area contributed by atoms with Crippen LogP contribution in [0.2, 0.25) is 0 Å². The highest BCUT2D eigenvalue weighted by Crippen LogP contribution is 2.44. The Morgan fingerprint density at radius 2 is 2.09 bits per heavy atom. The van der Waals surface area contributed by atoms with E-state index in [1.165, 1.54) is 28.0 Å². The van der Waals surface area contributed by atoms with Crippen molar-refractivity contribution in [2.45, 2.75) is 29.3 Å². The number of aliphatic carboxylic acids is 1. The van der Waals surface area contributed by atoms with Gasteiger partial charge in [-0.2, -0.15) is 9.36 Å². The minimum absolute atomic E-state index is 0.0801. The summed E-state index contributed by atoms with van der Waals surface area (Å²) < 4.78 is 5.49. The molecule has 1 aromatic carbocycles. The van der Waals surface area contributed by atoms with Gasteiger partial charge in [-0.1, -0.05) is 29.1 Å². The molecule has 12 nitrogen and oxygen atoms in total. The standard InChI is InChI=1S/C19H15N7O5S3/c20-18-23-14(25-34-18)12(24-31)15(27)22-11-8-5-6-10(13(17(29)30)26(8)16(11)28)33-19-21-7-3-1-2-4-9(7)32-19/h1-4,8,11,31H,5-6H2,(H,22,27)(H,29,30)(H2,20,23,25)/b24-12-. The number of benzene rings is 1. The highest BCUT2D eigenvalue weighted by Gasteiger charge is 2.54. The average molecular weight is 518 g/mol. The van der Waals surface area contributed by atoms with E-state index in [9.17, 15) is 24.7 Å². The average Bonchev–Trinajstić information content (AvgIpc) is 3.43. The van der Waals surface area contributed by atoms with E-state index >= 15 is 0 Å². The molecule has 5 N–H and O–H groups in total. The highest BCUT2D eigenvalue weighted by molar-refractivity contribution is 8.04. The molecule has 1 fully saturated rings. The fourth-order valence-corrected chi connectivity index (χ4v) is 6.59. The number of anilines is 1. The molecule has 0 aliphatic carbocycles. The van der Waals surface area contributed by atoms with Crippen LogP contribution in [0.3, 0.4) is 0 Å². The number of aromatic nitrogens is 3. The van der Waals surface area contributed by atoms with Gasteiger partial charge >= 0.3 is 5.97 Å². The number of nitrogens with two attached hydrogens (primary N) is 1. The normalized spacial score (nSPS) is 20.3. The molecule has 0 saturated carbocycles. The van der Waals surface area contributed by atoms with Gasteiger partial charge in [0.2, 0.25) is 11.5 Å². The van der Waals surface area contributed by atoms with E-state index in [2.05, 4.69) is 24.8 Å². The molecule has 2 amide bonds. The van der Waals surface area contributed by atoms with Crippen molar-refractivity contribution in [3.63, 3.8) is 0 Å². The van der Waals surface area contributed by atoms with E-state index < -0.39 is 35.6 Å². The molecule has 0 radical (unpaired) electrons. The number of carboxylic acids is 1. The number of fused-ring (bicyclic) bond motifs is 2. The summed E-state index contributed by atoms with van der Waals surface area (Å²) in [4.78, 5) is 47.6. The Balaban J connectivity index is 1.35. The number of carbonyl (C=O) groups is 3. The molecule has 34 heavy (non-hydrogen) atoms. The van der Waals surface area contributed by atoms with E-state index in [0.717, 1.165) is 21.7 Å². The van der Waals surface area contributed by atoms with Gasteiger partial charge in [0, 0.05) is 16.4 Å². The van der Waals surface area contributed by atoms with Crippen LogP contribution in [0.5, 0.6) is 0 Å². The highest BCUT2D eigenvalue weighted by atomic mass is 32.2. The van der Waals surface area contributed by atoms with E-state index in [4.69, 9.17) is 5.73 Å². The predicted octanol–water partition coefficient (Wildman–Crippen LogP) is 1.49. The molecule has 5 rings (SSSR count). The maximum atomic E-state index is 12.9. The lowest BCUT2D eigenvalue weighted by molar-refractivity contribution is -0.155. The van der Waals surface area contributed by atoms with Gasteiger partial charge in [0.25, 0.3) is 11.8 Å². The second-order valence-electron chi connectivity index (χ2n) is 7.30. The smallest absolute Gasteiger partial charge is 0.353 e. The number of β-lactam (4-membered cyclic amide) rings is 1. The summed E-state index contributed by atoms with van der Waals surface area (Å²) in [6.07, 6.45) is 0.836. The lowest BCUT2D eigenvalue weighted by Gasteiger charge is -2.49. The number of hydrogen-bond donors (Lipinski definition) is 4. The molecule has 2 aliphatic rings. The number of rotatable bonds is 6. The molecular weight excluding hydrogens is 502 g/mol. The second kappa shape index (κ2) is 8.66. The minimum Gasteiger partial charge on any atom is -0.477 e. The number of thioether (sulfide) groups is 1. The Hall–Kier alpha value is -3.56. The zero-order valence-electron chi connectivity index (χ0n) is 17.0. The monoisotopic (exact) mass is 517 g/mol. The summed E-state index contributed by atoms with van der Waals surface area (Å²) in [5.74, 6) is -2.84. The Bertz CT molecular complexity index is 1360. The maximum Gasteiger partial charge on any atom is 0.353 e. The summed E-state index contributed by atoms with van der Waals surface area (Å²) in [6.45, 7) is 0. The van der Waals surface area contributed by atoms with E-state index in [0.29, 0.717) is 22.1 Å². The number of carbonyl (C=O) groups excluding carboxylic acids is 2. The van der Waals surface area contributed by atoms with Crippen LogP contribution in [0.15, 0.2) is 44.4 Å². The topological polar surface area (TPSA) is 184 Å². The number of hydrogen-bond acceptors (Lipinski definition) is 12. The zero-order chi connectivity index (χ0) is 24.0. The third kappa shape index (κ3) is 3.76. The van der Waals surface area contributed by atoms with Crippen molar-refractivity contribution in [3.8, 4) is 0 Å². The SMILES string of the molecule is Nc1nc(/C(=N/O)C(=O)NC2C(=O)N3C(C(=O)O)=C(Sc4nc5ccccc5s4)CCC23)ns1. The number of carboxylic acid groups (broad SMARTS) is 1. The lowest BCUT2D eigenvalue weighted by Crippen LogP contribution is -2.72. The predicted molar refractivity (Wildman–Crippen MR) is 125 cm³/mol. The Labute approximate surface area is 203 Å². The van der Waals surface area contributed by atoms with Crippen LogP contribution in [0.25, 0.3) is 10.2 Å². The number of oxime groups is 1. The van der Waals surface area contributed by atoms with Gasteiger partial charge in [-0.3, -0.25) is 14.5 Å². The third-order valence-electron chi connectivity index (χ3n) is 5.33. The number of amides is 2. The van der Waals surface area contributed by atoms with Crippen molar-refractivity contribution in [2.24, 2.45) is 5.16 Å². The fraction of sp³-hybridized carbons (Fsp3) is 0.211. The van der Waals surface area contributed by atoms with Crippen LogP contribution in [0.1, 0.15) is 18.7 Å². The van der Waals surface area contributed by atoms with Crippen LogP contribution >= 0.6 is 34.6 Å². The van der Waals surface area contributed by atoms with Crippen molar-refractivity contribution >= 4 is 73.5 Å². The third-order valence-corrected chi connectivity index (χ3v) is 8.12. The van der Waals surface area contributed by atoms with Gasteiger partial charge in [0.15, 0.2) is 9.47 Å². The molecule has 2 aliphatic heterocycles. The summed E-state index contributed by atoms with van der Waals surface area (Å²) in [5, 5.41) is 24.6. The number of nitrogens with one attached hydrogen (secondary N) is 1. The Kier molecular flexibility index (Phi) is 5.66. The zero-order valence-corrected chi connectivity index (χ0v) is 19.5. The van der Waals surface area contributed by atoms with Gasteiger partial charge < -0.3 is 21.4 Å². The van der Waals surface area contributed by atoms with Gasteiger partial charge in [-0.15, -0.1) is 11.3 Å². The number of allylic oxidation sites excluding steroid dienone is 1. The van der Waals surface area contributed by atoms with Crippen molar-refractivity contribution in [3.05, 3.63) is 40.7 Å². The molecule has 2 unspecified atom stereocenters. The van der Waals surface area contributed by atoms with E-state index in [-0.39, 0.29) is 16.7 Å². The van der Waals surface area contributed by atoms with Crippen molar-refractivity contribution < 1.29 is 24.7 Å². The first-order valence-corrected chi connectivity index (χ1v) is 12.2. The quantitative estimate of drug-likeness (QED) is 0.162. The molecule has 0 bridgehead atoms. The molecule has 3 aromatic rings. The maximum absolute atomic E-state index is 12.9. The first-order valence-electron chi connectivity index (χ1n) is 9.82. The Morgan fingerprint density at radius 3 is 2.76 bits per heavy atom. The van der Waals surface area contributed by atoms with Gasteiger partial charge in [-0.05, 0) is 25.0 Å². The molecule has 15 heteroatoms. The molecule has 4 heterocycles. The number of nitrogen functional groups attached to an aromatic ring is 1. The first-order chi connectivity index (χ1) is 16.4. The molecule has 2 aromatic heterocycles. The minimum atomic E-state index is -1.23. The summed E-state index contributed by atoms with van der Waals surface area (Å²) >= 11 is 3.50. The van der Waals surface area contributed by atoms with Crippen molar-refractivity contribution in [1.29, 1.82) is 0 Å². The number of para-hydroxylation sites is 1. The molecule has 174 valence electrons. The lowest BCUT2D eigenvalue weighted by atomic mass is 9.86. The summed E-state index contributed by atoms with van der Waals surface area (Å²) in [7, 11) is 0.